The summed E-state index contributed by atoms with van der Waals surface area (Å²) in [5, 5.41) is 13.9. The second kappa shape index (κ2) is 9.53. The minimum atomic E-state index is -0.395. The van der Waals surface area contributed by atoms with Crippen molar-refractivity contribution < 1.29 is 9.84 Å². The van der Waals surface area contributed by atoms with E-state index in [-0.39, 0.29) is 12.1 Å². The van der Waals surface area contributed by atoms with Crippen molar-refractivity contribution in [2.45, 2.75) is 51.8 Å². The van der Waals surface area contributed by atoms with E-state index in [1.165, 1.54) is 6.33 Å². The molecule has 3 aromatic heterocycles. The Balaban J connectivity index is 1.27. The van der Waals surface area contributed by atoms with Crippen LogP contribution in [0, 0.1) is 6.92 Å². The molecule has 194 valence electrons. The highest BCUT2D eigenvalue weighted by molar-refractivity contribution is 5.87. The largest absolute Gasteiger partial charge is 0.457 e. The zero-order valence-corrected chi connectivity index (χ0v) is 21.8. The summed E-state index contributed by atoms with van der Waals surface area (Å²) in [5.41, 5.74) is 5.04. The topological polar surface area (TPSA) is 114 Å². The first-order valence-electron chi connectivity index (χ1n) is 12.8. The molecule has 0 spiro atoms. The summed E-state index contributed by atoms with van der Waals surface area (Å²) in [5.74, 6) is 2.66. The molecule has 0 amide bonds. The molecule has 2 N–H and O–H groups in total. The van der Waals surface area contributed by atoms with Crippen molar-refractivity contribution in [1.82, 2.24) is 29.5 Å². The Bertz CT molecular complexity index is 1630. The standard InChI is InChI=1S/C28H30N8O2/c1-5-22-24(37)11-17(3)36(22)28-29-13-21-26(34-28)27(31-14-30-21)33-18-6-9-25(16(2)10-18)38-19-7-8-23-20(12-19)32-15-35(23)4/h6-10,12-15,17,22,24,37H,5,11H2,1-4H3,(H,30,31,33)/t17-,22+,24-/m0/s1. The van der Waals surface area contributed by atoms with Gasteiger partial charge < -0.3 is 24.6 Å². The van der Waals surface area contributed by atoms with Gasteiger partial charge in [0.25, 0.3) is 0 Å². The van der Waals surface area contributed by atoms with Gasteiger partial charge in [0.1, 0.15) is 28.9 Å². The molecular weight excluding hydrogens is 480 g/mol. The number of hydrogen-bond acceptors (Lipinski definition) is 9. The Morgan fingerprint density at radius 2 is 1.95 bits per heavy atom. The highest BCUT2D eigenvalue weighted by Crippen LogP contribution is 2.33. The molecule has 2 aromatic carbocycles. The molecule has 0 aliphatic carbocycles. The number of rotatable bonds is 6. The van der Waals surface area contributed by atoms with Gasteiger partial charge in [-0.3, -0.25) is 0 Å². The van der Waals surface area contributed by atoms with E-state index in [1.54, 1.807) is 12.5 Å². The molecule has 0 saturated carbocycles. The summed E-state index contributed by atoms with van der Waals surface area (Å²) in [4.78, 5) is 24.8. The number of benzene rings is 2. The number of hydrogen-bond donors (Lipinski definition) is 2. The van der Waals surface area contributed by atoms with Crippen molar-refractivity contribution in [3.05, 3.63) is 60.8 Å². The average molecular weight is 511 g/mol. The predicted octanol–water partition coefficient (Wildman–Crippen LogP) is 4.89. The van der Waals surface area contributed by atoms with Crippen molar-refractivity contribution in [1.29, 1.82) is 0 Å². The fourth-order valence-corrected chi connectivity index (χ4v) is 5.29. The van der Waals surface area contributed by atoms with Gasteiger partial charge in [-0.1, -0.05) is 6.92 Å². The van der Waals surface area contributed by atoms with Gasteiger partial charge in [0, 0.05) is 24.8 Å². The van der Waals surface area contributed by atoms with Crippen LogP contribution in [-0.2, 0) is 7.05 Å². The molecule has 5 aromatic rings. The van der Waals surface area contributed by atoms with Crippen LogP contribution in [0.15, 0.2) is 55.2 Å². The number of anilines is 3. The molecule has 38 heavy (non-hydrogen) atoms. The number of nitrogens with zero attached hydrogens (tertiary/aromatic N) is 7. The Morgan fingerprint density at radius 3 is 2.76 bits per heavy atom. The third kappa shape index (κ3) is 4.26. The number of nitrogens with one attached hydrogen (secondary N) is 1. The van der Waals surface area contributed by atoms with E-state index in [1.807, 2.05) is 54.9 Å². The van der Waals surface area contributed by atoms with Gasteiger partial charge in [0.05, 0.1) is 35.7 Å². The summed E-state index contributed by atoms with van der Waals surface area (Å²) in [6.45, 7) is 6.17. The molecule has 0 unspecified atom stereocenters. The lowest BCUT2D eigenvalue weighted by atomic mass is 10.1. The van der Waals surface area contributed by atoms with Crippen LogP contribution in [0.1, 0.15) is 32.3 Å². The van der Waals surface area contributed by atoms with E-state index in [0.717, 1.165) is 40.2 Å². The Labute approximate surface area is 220 Å². The zero-order chi connectivity index (χ0) is 26.4. The Hall–Kier alpha value is -4.31. The van der Waals surface area contributed by atoms with Crippen LogP contribution >= 0.6 is 0 Å². The zero-order valence-electron chi connectivity index (χ0n) is 21.8. The maximum absolute atomic E-state index is 10.5. The van der Waals surface area contributed by atoms with Crippen molar-refractivity contribution >= 4 is 39.5 Å². The molecule has 1 saturated heterocycles. The van der Waals surface area contributed by atoms with Crippen LogP contribution in [0.2, 0.25) is 0 Å². The van der Waals surface area contributed by atoms with Crippen molar-refractivity contribution in [3.8, 4) is 11.5 Å². The van der Waals surface area contributed by atoms with Crippen LogP contribution in [0.3, 0.4) is 0 Å². The first kappa shape index (κ1) is 24.1. The third-order valence-corrected chi connectivity index (χ3v) is 7.24. The van der Waals surface area contributed by atoms with Crippen molar-refractivity contribution in [2.24, 2.45) is 7.05 Å². The first-order valence-corrected chi connectivity index (χ1v) is 12.8. The lowest BCUT2D eigenvalue weighted by Crippen LogP contribution is -2.38. The van der Waals surface area contributed by atoms with Crippen LogP contribution < -0.4 is 15.0 Å². The highest BCUT2D eigenvalue weighted by Gasteiger charge is 2.38. The number of aliphatic hydroxyl groups is 1. The molecule has 4 heterocycles. The highest BCUT2D eigenvalue weighted by atomic mass is 16.5. The third-order valence-electron chi connectivity index (χ3n) is 7.24. The number of aromatic nitrogens is 6. The summed E-state index contributed by atoms with van der Waals surface area (Å²) in [6, 6.07) is 11.9. The van der Waals surface area contributed by atoms with Crippen LogP contribution in [0.4, 0.5) is 17.5 Å². The van der Waals surface area contributed by atoms with E-state index >= 15 is 0 Å². The summed E-state index contributed by atoms with van der Waals surface area (Å²) >= 11 is 0. The monoisotopic (exact) mass is 510 g/mol. The molecule has 1 aliphatic heterocycles. The number of aliphatic hydroxyl groups excluding tert-OH is 1. The van der Waals surface area contributed by atoms with Crippen LogP contribution in [0.25, 0.3) is 22.1 Å². The van der Waals surface area contributed by atoms with Crippen LogP contribution in [0.5, 0.6) is 11.5 Å². The normalized spacial score (nSPS) is 19.4. The fourth-order valence-electron chi connectivity index (χ4n) is 5.29. The van der Waals surface area contributed by atoms with E-state index in [0.29, 0.717) is 29.2 Å². The minimum Gasteiger partial charge on any atom is -0.457 e. The summed E-state index contributed by atoms with van der Waals surface area (Å²) in [7, 11) is 1.97. The Kier molecular flexibility index (Phi) is 6.03. The lowest BCUT2D eigenvalue weighted by molar-refractivity contribution is 0.160. The van der Waals surface area contributed by atoms with Gasteiger partial charge >= 0.3 is 0 Å². The predicted molar refractivity (Wildman–Crippen MR) is 147 cm³/mol. The van der Waals surface area contributed by atoms with Gasteiger partial charge in [0.2, 0.25) is 5.95 Å². The molecule has 10 nitrogen and oxygen atoms in total. The first-order chi connectivity index (χ1) is 18.4. The second-order valence-corrected chi connectivity index (χ2v) is 9.87. The summed E-state index contributed by atoms with van der Waals surface area (Å²) in [6.07, 6.45) is 6.13. The number of imidazole rings is 1. The van der Waals surface area contributed by atoms with Crippen LogP contribution in [-0.4, -0.2) is 52.8 Å². The number of ether oxygens (including phenoxy) is 1. The van der Waals surface area contributed by atoms with Crippen molar-refractivity contribution in [2.75, 3.05) is 10.2 Å². The smallest absolute Gasteiger partial charge is 0.226 e. The molecular formula is C28H30N8O2. The molecule has 0 radical (unpaired) electrons. The number of fused-ring (bicyclic) bond motifs is 2. The molecule has 10 heteroatoms. The van der Waals surface area contributed by atoms with Gasteiger partial charge in [-0.15, -0.1) is 0 Å². The quantitative estimate of drug-likeness (QED) is 0.329. The maximum Gasteiger partial charge on any atom is 0.226 e. The molecule has 3 atom stereocenters. The van der Waals surface area contributed by atoms with Gasteiger partial charge in [0.15, 0.2) is 5.82 Å². The molecule has 6 rings (SSSR count). The lowest BCUT2D eigenvalue weighted by Gasteiger charge is -2.28. The van der Waals surface area contributed by atoms with E-state index in [2.05, 4.69) is 44.0 Å². The minimum absolute atomic E-state index is 0.0166. The summed E-state index contributed by atoms with van der Waals surface area (Å²) < 4.78 is 8.14. The Morgan fingerprint density at radius 1 is 1.08 bits per heavy atom. The number of aryl methyl sites for hydroxylation is 2. The fraction of sp³-hybridized carbons (Fsp3) is 0.321. The SMILES string of the molecule is CC[C@@H]1[C@@H](O)C[C@H](C)N1c1ncc2ncnc(Nc3ccc(Oc4ccc5c(c4)ncn5C)c(C)c3)c2n1. The molecule has 1 fully saturated rings. The van der Waals surface area contributed by atoms with E-state index in [4.69, 9.17) is 9.72 Å². The average Bonchev–Trinajstić information content (AvgIpc) is 3.42. The van der Waals surface area contributed by atoms with E-state index < -0.39 is 6.10 Å². The van der Waals surface area contributed by atoms with Gasteiger partial charge in [-0.25, -0.2) is 24.9 Å². The molecule has 1 aliphatic rings. The van der Waals surface area contributed by atoms with Gasteiger partial charge in [-0.2, -0.15) is 0 Å². The maximum atomic E-state index is 10.5. The van der Waals surface area contributed by atoms with Crippen molar-refractivity contribution in [3.63, 3.8) is 0 Å². The second-order valence-electron chi connectivity index (χ2n) is 9.87. The molecule has 0 bridgehead atoms. The van der Waals surface area contributed by atoms with Gasteiger partial charge in [-0.05, 0) is 62.6 Å². The van der Waals surface area contributed by atoms with E-state index in [9.17, 15) is 5.11 Å².